The van der Waals surface area contributed by atoms with Gasteiger partial charge in [-0.2, -0.15) is 0 Å². The topological polar surface area (TPSA) is 29.1 Å². The summed E-state index contributed by atoms with van der Waals surface area (Å²) in [4.78, 5) is 0.774. The highest BCUT2D eigenvalue weighted by Gasteiger charge is 2.32. The molecule has 0 aliphatic heterocycles. The smallest absolute Gasteiger partial charge is 0.0591 e. The van der Waals surface area contributed by atoms with E-state index in [0.717, 1.165) is 24.2 Å². The first-order chi connectivity index (χ1) is 7.74. The second-order valence-electron chi connectivity index (χ2n) is 4.09. The second-order valence-corrected chi connectivity index (χ2v) is 6.14. The molecule has 0 heterocycles. The van der Waals surface area contributed by atoms with Crippen molar-refractivity contribution in [1.82, 2.24) is 5.32 Å². The largest absolute Gasteiger partial charge is 0.316 e. The van der Waals surface area contributed by atoms with Gasteiger partial charge in [0.15, 0.2) is 0 Å². The Morgan fingerprint density at radius 3 is 2.81 bits per heavy atom. The van der Waals surface area contributed by atoms with Gasteiger partial charge in [0, 0.05) is 6.04 Å². The zero-order chi connectivity index (χ0) is 11.5. The van der Waals surface area contributed by atoms with Crippen LogP contribution in [0.2, 0.25) is 5.02 Å². The molecule has 3 atom stereocenters. The van der Waals surface area contributed by atoms with Crippen LogP contribution in [0.1, 0.15) is 19.3 Å². The Balaban J connectivity index is 2.22. The summed E-state index contributed by atoms with van der Waals surface area (Å²) < 4.78 is 12.4. The SMILES string of the molecule is CNC1CCCC1S(=O)c1ccccc1Cl. The highest BCUT2D eigenvalue weighted by atomic mass is 35.5. The van der Waals surface area contributed by atoms with Crippen LogP contribution in [0.4, 0.5) is 0 Å². The number of halogens is 1. The van der Waals surface area contributed by atoms with Gasteiger partial charge in [0.05, 0.1) is 26.0 Å². The van der Waals surface area contributed by atoms with E-state index in [1.165, 1.54) is 0 Å². The van der Waals surface area contributed by atoms with E-state index in [0.29, 0.717) is 11.1 Å². The molecule has 0 bridgehead atoms. The number of rotatable bonds is 3. The molecule has 2 nitrogen and oxygen atoms in total. The van der Waals surface area contributed by atoms with Crippen molar-refractivity contribution >= 4 is 22.4 Å². The molecule has 0 aromatic heterocycles. The maximum Gasteiger partial charge on any atom is 0.0591 e. The molecule has 1 saturated carbocycles. The van der Waals surface area contributed by atoms with Crippen LogP contribution in [0.3, 0.4) is 0 Å². The molecule has 0 amide bonds. The fraction of sp³-hybridized carbons (Fsp3) is 0.500. The molecule has 88 valence electrons. The van der Waals surface area contributed by atoms with E-state index in [9.17, 15) is 4.21 Å². The van der Waals surface area contributed by atoms with Gasteiger partial charge in [0.25, 0.3) is 0 Å². The monoisotopic (exact) mass is 257 g/mol. The van der Waals surface area contributed by atoms with Crippen LogP contribution in [0, 0.1) is 0 Å². The van der Waals surface area contributed by atoms with E-state index in [4.69, 9.17) is 11.6 Å². The van der Waals surface area contributed by atoms with Crippen molar-refractivity contribution in [2.45, 2.75) is 35.4 Å². The van der Waals surface area contributed by atoms with Gasteiger partial charge >= 0.3 is 0 Å². The summed E-state index contributed by atoms with van der Waals surface area (Å²) in [5.41, 5.74) is 0. The van der Waals surface area contributed by atoms with Crippen molar-refractivity contribution in [1.29, 1.82) is 0 Å². The van der Waals surface area contributed by atoms with E-state index in [1.54, 1.807) is 6.07 Å². The van der Waals surface area contributed by atoms with Crippen molar-refractivity contribution in [3.8, 4) is 0 Å². The Morgan fingerprint density at radius 1 is 1.38 bits per heavy atom. The Kier molecular flexibility index (Phi) is 4.00. The first kappa shape index (κ1) is 12.1. The summed E-state index contributed by atoms with van der Waals surface area (Å²) in [6, 6.07) is 7.79. The van der Waals surface area contributed by atoms with Crippen molar-refractivity contribution in [3.63, 3.8) is 0 Å². The first-order valence-corrected chi connectivity index (χ1v) is 7.15. The minimum absolute atomic E-state index is 0.199. The third-order valence-electron chi connectivity index (χ3n) is 3.15. The standard InChI is InChI=1S/C12H16ClNOS/c1-14-10-6-4-8-12(10)16(15)11-7-3-2-5-9(11)13/h2-3,5,7,10,12,14H,4,6,8H2,1H3. The Hall–Kier alpha value is -0.380. The summed E-state index contributed by atoms with van der Waals surface area (Å²) in [6.45, 7) is 0. The molecular weight excluding hydrogens is 242 g/mol. The predicted octanol–water partition coefficient (Wildman–Crippen LogP) is 2.59. The molecule has 4 heteroatoms. The summed E-state index contributed by atoms with van der Waals surface area (Å²) in [5.74, 6) is 0. The van der Waals surface area contributed by atoms with Crippen molar-refractivity contribution in [3.05, 3.63) is 29.3 Å². The van der Waals surface area contributed by atoms with E-state index < -0.39 is 10.8 Å². The number of benzene rings is 1. The number of hydrogen-bond acceptors (Lipinski definition) is 2. The van der Waals surface area contributed by atoms with E-state index in [2.05, 4.69) is 5.32 Å². The van der Waals surface area contributed by atoms with Crippen molar-refractivity contribution in [2.24, 2.45) is 0 Å². The predicted molar refractivity (Wildman–Crippen MR) is 68.3 cm³/mol. The third kappa shape index (κ3) is 2.31. The van der Waals surface area contributed by atoms with Crippen LogP contribution in [-0.2, 0) is 10.8 Å². The van der Waals surface area contributed by atoms with Crippen LogP contribution in [-0.4, -0.2) is 22.5 Å². The molecule has 1 aliphatic carbocycles. The zero-order valence-corrected chi connectivity index (χ0v) is 10.9. The molecule has 0 saturated heterocycles. The molecule has 1 fully saturated rings. The van der Waals surface area contributed by atoms with Gasteiger partial charge in [-0.25, -0.2) is 0 Å². The molecule has 1 aromatic rings. The molecule has 2 rings (SSSR count). The van der Waals surface area contributed by atoms with Crippen LogP contribution >= 0.6 is 11.6 Å². The summed E-state index contributed by atoms with van der Waals surface area (Å²) in [5, 5.41) is 4.06. The Morgan fingerprint density at radius 2 is 2.12 bits per heavy atom. The van der Waals surface area contributed by atoms with Crippen LogP contribution in [0.25, 0.3) is 0 Å². The lowest BCUT2D eigenvalue weighted by Gasteiger charge is -2.18. The molecule has 1 aromatic carbocycles. The fourth-order valence-electron chi connectivity index (χ4n) is 2.28. The second kappa shape index (κ2) is 5.30. The summed E-state index contributed by atoms with van der Waals surface area (Å²) in [6.07, 6.45) is 3.27. The van der Waals surface area contributed by atoms with Gasteiger partial charge in [-0.05, 0) is 32.0 Å². The molecule has 1 N–H and O–H groups in total. The van der Waals surface area contributed by atoms with E-state index >= 15 is 0 Å². The van der Waals surface area contributed by atoms with Gasteiger partial charge in [-0.15, -0.1) is 0 Å². The first-order valence-electron chi connectivity index (χ1n) is 5.56. The molecule has 0 radical (unpaired) electrons. The molecular formula is C12H16ClNOS. The molecule has 1 aliphatic rings. The highest BCUT2D eigenvalue weighted by molar-refractivity contribution is 7.85. The van der Waals surface area contributed by atoms with E-state index in [-0.39, 0.29) is 5.25 Å². The van der Waals surface area contributed by atoms with E-state index in [1.807, 2.05) is 25.2 Å². The van der Waals surface area contributed by atoms with Gasteiger partial charge in [-0.3, -0.25) is 4.21 Å². The minimum atomic E-state index is -0.995. The fourth-order valence-corrected chi connectivity index (χ4v) is 4.40. The average molecular weight is 258 g/mol. The van der Waals surface area contributed by atoms with Crippen LogP contribution in [0.5, 0.6) is 0 Å². The lowest BCUT2D eigenvalue weighted by atomic mass is 10.2. The normalized spacial score (nSPS) is 26.9. The summed E-state index contributed by atoms with van der Waals surface area (Å²) in [7, 11) is 0.943. The number of hydrogen-bond donors (Lipinski definition) is 1. The van der Waals surface area contributed by atoms with Gasteiger partial charge in [0.2, 0.25) is 0 Å². The van der Waals surface area contributed by atoms with Gasteiger partial charge in [-0.1, -0.05) is 30.2 Å². The van der Waals surface area contributed by atoms with Crippen molar-refractivity contribution in [2.75, 3.05) is 7.05 Å². The average Bonchev–Trinajstić information content (AvgIpc) is 2.77. The highest BCUT2D eigenvalue weighted by Crippen LogP contribution is 2.30. The minimum Gasteiger partial charge on any atom is -0.316 e. The summed E-state index contributed by atoms with van der Waals surface area (Å²) >= 11 is 6.07. The maximum atomic E-state index is 12.4. The lowest BCUT2D eigenvalue weighted by molar-refractivity contribution is 0.576. The number of nitrogens with one attached hydrogen (secondary N) is 1. The van der Waals surface area contributed by atoms with Gasteiger partial charge in [0.1, 0.15) is 0 Å². The lowest BCUT2D eigenvalue weighted by Crippen LogP contribution is -2.35. The van der Waals surface area contributed by atoms with Crippen molar-refractivity contribution < 1.29 is 4.21 Å². The molecule has 3 unspecified atom stereocenters. The van der Waals surface area contributed by atoms with Gasteiger partial charge < -0.3 is 5.32 Å². The Bertz CT molecular complexity index is 396. The maximum absolute atomic E-state index is 12.4. The third-order valence-corrected chi connectivity index (χ3v) is 5.50. The quantitative estimate of drug-likeness (QED) is 0.902. The molecule has 16 heavy (non-hydrogen) atoms. The molecule has 0 spiro atoms. The van der Waals surface area contributed by atoms with Crippen LogP contribution in [0.15, 0.2) is 29.2 Å². The van der Waals surface area contributed by atoms with Crippen LogP contribution < -0.4 is 5.32 Å². The Labute approximate surface area is 104 Å². The zero-order valence-electron chi connectivity index (χ0n) is 9.28.